The number of aromatic nitrogens is 2. The van der Waals surface area contributed by atoms with Crippen molar-refractivity contribution in [1.82, 2.24) is 14.5 Å². The first kappa shape index (κ1) is 16.0. The lowest BCUT2D eigenvalue weighted by molar-refractivity contribution is -0.122. The maximum atomic E-state index is 12.0. The van der Waals surface area contributed by atoms with E-state index in [1.54, 1.807) is 6.92 Å². The molecule has 0 fully saturated rings. The number of rotatable bonds is 6. The molecule has 0 saturated carbocycles. The molecule has 1 amide bonds. The fourth-order valence-electron chi connectivity index (χ4n) is 2.01. The first-order valence-electron chi connectivity index (χ1n) is 6.79. The number of hydrogen-bond donors (Lipinski definition) is 2. The summed E-state index contributed by atoms with van der Waals surface area (Å²) in [6.45, 7) is 5.74. The van der Waals surface area contributed by atoms with Crippen LogP contribution < -0.4 is 22.3 Å². The van der Waals surface area contributed by atoms with Gasteiger partial charge in [0.05, 0.1) is 0 Å². The number of nitrogens with two attached hydrogens (primary N) is 1. The van der Waals surface area contributed by atoms with Gasteiger partial charge in [0.2, 0.25) is 5.91 Å². The van der Waals surface area contributed by atoms with Gasteiger partial charge >= 0.3 is 5.69 Å². The largest absolute Gasteiger partial charge is 0.393 e. The van der Waals surface area contributed by atoms with Gasteiger partial charge in [0.15, 0.2) is 0 Å². The highest BCUT2D eigenvalue weighted by Gasteiger charge is 2.13. The molecule has 0 spiro atoms. The Morgan fingerprint density at radius 3 is 2.60 bits per heavy atom. The Morgan fingerprint density at radius 1 is 1.40 bits per heavy atom. The van der Waals surface area contributed by atoms with E-state index in [2.05, 4.69) is 5.32 Å². The second-order valence-electron chi connectivity index (χ2n) is 4.80. The fraction of sp³-hybridized carbons (Fsp3) is 0.615. The Labute approximate surface area is 117 Å². The van der Waals surface area contributed by atoms with Crippen LogP contribution >= 0.6 is 0 Å². The van der Waals surface area contributed by atoms with Crippen LogP contribution in [-0.4, -0.2) is 21.1 Å². The summed E-state index contributed by atoms with van der Waals surface area (Å²) in [4.78, 5) is 35.7. The topological polar surface area (TPSA) is 99.1 Å². The van der Waals surface area contributed by atoms with Crippen LogP contribution in [0.15, 0.2) is 15.8 Å². The molecule has 0 aromatic carbocycles. The molecule has 1 atom stereocenters. The van der Waals surface area contributed by atoms with Crippen molar-refractivity contribution in [2.75, 3.05) is 5.73 Å². The minimum absolute atomic E-state index is 0.0117. The Bertz CT molecular complexity index is 588. The molecule has 20 heavy (non-hydrogen) atoms. The van der Waals surface area contributed by atoms with E-state index in [9.17, 15) is 14.4 Å². The Morgan fingerprint density at radius 2 is 2.05 bits per heavy atom. The molecule has 1 aromatic heterocycles. The molecule has 112 valence electrons. The summed E-state index contributed by atoms with van der Waals surface area (Å²) in [5.74, 6) is -0.363. The van der Waals surface area contributed by atoms with Gasteiger partial charge in [0.1, 0.15) is 12.2 Å². The molecule has 0 aliphatic rings. The molecule has 0 aliphatic heterocycles. The van der Waals surface area contributed by atoms with Crippen molar-refractivity contribution in [3.63, 3.8) is 0 Å². The van der Waals surface area contributed by atoms with Crippen LogP contribution in [0.4, 0.5) is 5.69 Å². The lowest BCUT2D eigenvalue weighted by atomic mass is 10.2. The summed E-state index contributed by atoms with van der Waals surface area (Å²) in [6, 6.07) is 0.0117. The summed E-state index contributed by atoms with van der Waals surface area (Å²) >= 11 is 0. The first-order chi connectivity index (χ1) is 9.40. The summed E-state index contributed by atoms with van der Waals surface area (Å²) in [5, 5.41) is 2.75. The lowest BCUT2D eigenvalue weighted by Crippen LogP contribution is -2.45. The number of carbonyl (C=O) groups excluding carboxylic acids is 1. The van der Waals surface area contributed by atoms with Gasteiger partial charge in [-0.2, -0.15) is 0 Å². The van der Waals surface area contributed by atoms with Crippen molar-refractivity contribution >= 4 is 11.6 Å². The highest BCUT2D eigenvalue weighted by atomic mass is 16.2. The van der Waals surface area contributed by atoms with Crippen LogP contribution in [0.25, 0.3) is 0 Å². The molecule has 0 aliphatic carbocycles. The smallest absolute Gasteiger partial charge is 0.331 e. The van der Waals surface area contributed by atoms with Crippen LogP contribution in [0.5, 0.6) is 0 Å². The third kappa shape index (κ3) is 3.72. The molecule has 1 rings (SSSR count). The number of nitrogen functional groups attached to an aromatic ring is 1. The highest BCUT2D eigenvalue weighted by molar-refractivity contribution is 5.76. The average molecular weight is 282 g/mol. The Kier molecular flexibility index (Phi) is 5.54. The van der Waals surface area contributed by atoms with Crippen LogP contribution in [-0.2, 0) is 17.9 Å². The molecule has 0 bridgehead atoms. The number of nitrogens with zero attached hydrogens (tertiary/aromatic N) is 2. The van der Waals surface area contributed by atoms with Crippen molar-refractivity contribution in [3.05, 3.63) is 27.0 Å². The number of amides is 1. The molecule has 1 aromatic rings. The van der Waals surface area contributed by atoms with Crippen LogP contribution in [0.1, 0.15) is 33.6 Å². The van der Waals surface area contributed by atoms with Gasteiger partial charge in [-0.05, 0) is 20.3 Å². The zero-order chi connectivity index (χ0) is 15.3. The maximum absolute atomic E-state index is 12.0. The number of aryl methyl sites for hydroxylation is 1. The number of anilines is 1. The Balaban J connectivity index is 2.98. The SMILES string of the molecule is CCCC(C)NC(=O)Cn1c(=O)c(N)cn(CC)c1=O. The fourth-order valence-corrected chi connectivity index (χ4v) is 2.01. The molecule has 7 nitrogen and oxygen atoms in total. The van der Waals surface area contributed by atoms with Crippen molar-refractivity contribution in [1.29, 1.82) is 0 Å². The van der Waals surface area contributed by atoms with E-state index in [1.807, 2.05) is 13.8 Å². The minimum Gasteiger partial charge on any atom is -0.393 e. The van der Waals surface area contributed by atoms with Crippen LogP contribution in [0.2, 0.25) is 0 Å². The lowest BCUT2D eigenvalue weighted by Gasteiger charge is -2.14. The van der Waals surface area contributed by atoms with Gasteiger partial charge < -0.3 is 11.1 Å². The summed E-state index contributed by atoms with van der Waals surface area (Å²) < 4.78 is 2.17. The molecule has 0 saturated heterocycles. The second kappa shape index (κ2) is 6.93. The van der Waals surface area contributed by atoms with E-state index in [-0.39, 0.29) is 24.2 Å². The van der Waals surface area contributed by atoms with E-state index >= 15 is 0 Å². The molecule has 0 radical (unpaired) electrons. The molecular weight excluding hydrogens is 260 g/mol. The summed E-state index contributed by atoms with van der Waals surface area (Å²) in [6.07, 6.45) is 3.10. The van der Waals surface area contributed by atoms with Gasteiger partial charge in [0, 0.05) is 18.8 Å². The van der Waals surface area contributed by atoms with Crippen molar-refractivity contribution in [2.24, 2.45) is 0 Å². The minimum atomic E-state index is -0.627. The zero-order valence-corrected chi connectivity index (χ0v) is 12.2. The number of carbonyl (C=O) groups is 1. The van der Waals surface area contributed by atoms with Crippen molar-refractivity contribution < 1.29 is 4.79 Å². The van der Waals surface area contributed by atoms with Gasteiger partial charge in [-0.15, -0.1) is 0 Å². The zero-order valence-electron chi connectivity index (χ0n) is 12.2. The molecule has 3 N–H and O–H groups in total. The van der Waals surface area contributed by atoms with Gasteiger partial charge in [-0.25, -0.2) is 9.36 Å². The van der Waals surface area contributed by atoms with Crippen molar-refractivity contribution in [3.8, 4) is 0 Å². The van der Waals surface area contributed by atoms with Gasteiger partial charge in [-0.1, -0.05) is 13.3 Å². The number of hydrogen-bond acceptors (Lipinski definition) is 4. The van der Waals surface area contributed by atoms with Crippen LogP contribution in [0, 0.1) is 0 Å². The second-order valence-corrected chi connectivity index (χ2v) is 4.80. The molecular formula is C13H22N4O3. The normalized spacial score (nSPS) is 12.2. The summed E-state index contributed by atoms with van der Waals surface area (Å²) in [7, 11) is 0. The van der Waals surface area contributed by atoms with Crippen LogP contribution in [0.3, 0.4) is 0 Å². The number of nitrogens with one attached hydrogen (secondary N) is 1. The standard InChI is InChI=1S/C13H22N4O3/c1-4-6-9(3)15-11(18)8-17-12(19)10(14)7-16(5-2)13(17)20/h7,9H,4-6,8,14H2,1-3H3,(H,15,18). The third-order valence-corrected chi connectivity index (χ3v) is 3.04. The molecule has 1 unspecified atom stereocenters. The van der Waals surface area contributed by atoms with E-state index in [0.29, 0.717) is 6.54 Å². The third-order valence-electron chi connectivity index (χ3n) is 3.04. The van der Waals surface area contributed by atoms with E-state index in [1.165, 1.54) is 10.8 Å². The van der Waals surface area contributed by atoms with Crippen molar-refractivity contribution in [2.45, 2.75) is 52.7 Å². The van der Waals surface area contributed by atoms with E-state index < -0.39 is 11.2 Å². The predicted octanol–water partition coefficient (Wildman–Crippen LogP) is -0.0831. The molecule has 7 heteroatoms. The monoisotopic (exact) mass is 282 g/mol. The Hall–Kier alpha value is -2.05. The molecule has 1 heterocycles. The first-order valence-corrected chi connectivity index (χ1v) is 6.79. The highest BCUT2D eigenvalue weighted by Crippen LogP contribution is 1.95. The van der Waals surface area contributed by atoms with Gasteiger partial charge in [0.25, 0.3) is 5.56 Å². The average Bonchev–Trinajstić information content (AvgIpc) is 2.39. The van der Waals surface area contributed by atoms with E-state index in [4.69, 9.17) is 5.73 Å². The van der Waals surface area contributed by atoms with E-state index in [0.717, 1.165) is 17.4 Å². The predicted molar refractivity (Wildman–Crippen MR) is 77.6 cm³/mol. The maximum Gasteiger partial charge on any atom is 0.331 e. The van der Waals surface area contributed by atoms with Gasteiger partial charge in [-0.3, -0.25) is 14.2 Å². The quantitative estimate of drug-likeness (QED) is 0.762. The summed E-state index contributed by atoms with van der Waals surface area (Å²) in [5.41, 5.74) is 4.37.